The summed E-state index contributed by atoms with van der Waals surface area (Å²) in [6.45, 7) is 5.66. The van der Waals surface area contributed by atoms with Gasteiger partial charge in [0.1, 0.15) is 0 Å². The largest absolute Gasteiger partial charge is 0.478 e. The molecule has 0 atom stereocenters. The molecule has 1 aromatic carbocycles. The van der Waals surface area contributed by atoms with Crippen molar-refractivity contribution >= 4 is 17.6 Å². The second kappa shape index (κ2) is 6.19. The van der Waals surface area contributed by atoms with Gasteiger partial charge in [-0.15, -0.1) is 0 Å². The summed E-state index contributed by atoms with van der Waals surface area (Å²) in [5.74, 6) is -1.06. The fourth-order valence-electron chi connectivity index (χ4n) is 1.83. The number of nitrogens with one attached hydrogen (secondary N) is 1. The van der Waals surface area contributed by atoms with E-state index < -0.39 is 5.97 Å². The summed E-state index contributed by atoms with van der Waals surface area (Å²) >= 11 is 0. The fourth-order valence-corrected chi connectivity index (χ4v) is 1.83. The Bertz CT molecular complexity index is 450. The summed E-state index contributed by atoms with van der Waals surface area (Å²) in [5, 5.41) is 11.8. The summed E-state index contributed by atoms with van der Waals surface area (Å²) in [6.07, 6.45) is 1.56. The molecule has 4 heteroatoms. The predicted molar refractivity (Wildman–Crippen MR) is 70.8 cm³/mol. The molecule has 0 spiro atoms. The maximum atomic E-state index is 11.9. The zero-order valence-electron chi connectivity index (χ0n) is 11.0. The van der Waals surface area contributed by atoms with Crippen LogP contribution in [0.4, 0.5) is 5.69 Å². The molecule has 98 valence electrons. The van der Waals surface area contributed by atoms with Crippen molar-refractivity contribution in [3.05, 3.63) is 29.3 Å². The summed E-state index contributed by atoms with van der Waals surface area (Å²) in [7, 11) is 0. The lowest BCUT2D eigenvalue weighted by Gasteiger charge is -2.13. The molecule has 0 heterocycles. The van der Waals surface area contributed by atoms with E-state index in [9.17, 15) is 9.59 Å². The lowest BCUT2D eigenvalue weighted by Crippen LogP contribution is -2.21. The third-order valence-corrected chi connectivity index (χ3v) is 3.09. The molecule has 0 aliphatic rings. The molecule has 0 fully saturated rings. The molecule has 18 heavy (non-hydrogen) atoms. The van der Waals surface area contributed by atoms with Crippen LogP contribution in [-0.4, -0.2) is 17.0 Å². The van der Waals surface area contributed by atoms with Crippen LogP contribution < -0.4 is 5.32 Å². The maximum absolute atomic E-state index is 11.9. The summed E-state index contributed by atoms with van der Waals surface area (Å²) in [4.78, 5) is 22.9. The molecule has 1 amide bonds. The molecule has 2 N–H and O–H groups in total. The molecule has 0 saturated heterocycles. The SMILES string of the molecule is CCC(CC)C(=O)Nc1ccc(C)c(C(=O)O)c1. The Labute approximate surface area is 107 Å². The Morgan fingerprint density at radius 3 is 2.39 bits per heavy atom. The van der Waals surface area contributed by atoms with Gasteiger partial charge in [-0.2, -0.15) is 0 Å². The highest BCUT2D eigenvalue weighted by atomic mass is 16.4. The molecular formula is C14H19NO3. The van der Waals surface area contributed by atoms with Crippen molar-refractivity contribution < 1.29 is 14.7 Å². The molecule has 1 aromatic rings. The second-order valence-electron chi connectivity index (χ2n) is 4.34. The van der Waals surface area contributed by atoms with E-state index in [1.807, 2.05) is 13.8 Å². The average Bonchev–Trinajstić information content (AvgIpc) is 2.32. The quantitative estimate of drug-likeness (QED) is 0.842. The summed E-state index contributed by atoms with van der Waals surface area (Å²) in [5.41, 5.74) is 1.44. The smallest absolute Gasteiger partial charge is 0.336 e. The lowest BCUT2D eigenvalue weighted by atomic mass is 10.0. The van der Waals surface area contributed by atoms with Crippen LogP contribution in [0.25, 0.3) is 0 Å². The molecule has 0 radical (unpaired) electrons. The maximum Gasteiger partial charge on any atom is 0.336 e. The number of benzene rings is 1. The van der Waals surface area contributed by atoms with Gasteiger partial charge in [0.25, 0.3) is 0 Å². The van der Waals surface area contributed by atoms with Crippen LogP contribution in [-0.2, 0) is 4.79 Å². The molecule has 0 aliphatic heterocycles. The van der Waals surface area contributed by atoms with E-state index in [1.54, 1.807) is 19.1 Å². The first-order valence-corrected chi connectivity index (χ1v) is 6.14. The van der Waals surface area contributed by atoms with Gasteiger partial charge in [-0.05, 0) is 37.5 Å². The van der Waals surface area contributed by atoms with Crippen molar-refractivity contribution in [1.29, 1.82) is 0 Å². The fraction of sp³-hybridized carbons (Fsp3) is 0.429. The van der Waals surface area contributed by atoms with Gasteiger partial charge in [-0.3, -0.25) is 4.79 Å². The van der Waals surface area contributed by atoms with Crippen LogP contribution in [0.15, 0.2) is 18.2 Å². The molecule has 1 rings (SSSR count). The molecule has 0 saturated carbocycles. The van der Waals surface area contributed by atoms with Crippen LogP contribution in [0.5, 0.6) is 0 Å². The van der Waals surface area contributed by atoms with E-state index in [1.165, 1.54) is 6.07 Å². The van der Waals surface area contributed by atoms with Gasteiger partial charge in [0, 0.05) is 11.6 Å². The van der Waals surface area contributed by atoms with Crippen LogP contribution in [0, 0.1) is 12.8 Å². The van der Waals surface area contributed by atoms with Crippen LogP contribution in [0.3, 0.4) is 0 Å². The van der Waals surface area contributed by atoms with Gasteiger partial charge < -0.3 is 10.4 Å². The van der Waals surface area contributed by atoms with Crippen LogP contribution >= 0.6 is 0 Å². The Balaban J connectivity index is 2.89. The van der Waals surface area contributed by atoms with E-state index >= 15 is 0 Å². The monoisotopic (exact) mass is 249 g/mol. The molecule has 0 aromatic heterocycles. The normalized spacial score (nSPS) is 10.4. The standard InChI is InChI=1S/C14H19NO3/c1-4-10(5-2)13(16)15-11-7-6-9(3)12(8-11)14(17)18/h6-8,10H,4-5H2,1-3H3,(H,15,16)(H,17,18). The number of rotatable bonds is 5. The lowest BCUT2D eigenvalue weighted by molar-refractivity contribution is -0.120. The number of carboxylic acid groups (broad SMARTS) is 1. The minimum atomic E-state index is -0.980. The van der Waals surface area contributed by atoms with Gasteiger partial charge in [0.05, 0.1) is 5.56 Å². The zero-order chi connectivity index (χ0) is 13.7. The van der Waals surface area contributed by atoms with Crippen molar-refractivity contribution in [2.45, 2.75) is 33.6 Å². The highest BCUT2D eigenvalue weighted by Crippen LogP contribution is 2.17. The van der Waals surface area contributed by atoms with Gasteiger partial charge >= 0.3 is 5.97 Å². The molecular weight excluding hydrogens is 230 g/mol. The van der Waals surface area contributed by atoms with Crippen molar-refractivity contribution in [2.24, 2.45) is 5.92 Å². The molecule has 0 bridgehead atoms. The number of hydrogen-bond donors (Lipinski definition) is 2. The zero-order valence-corrected chi connectivity index (χ0v) is 11.0. The third kappa shape index (κ3) is 3.32. The van der Waals surface area contributed by atoms with E-state index in [-0.39, 0.29) is 17.4 Å². The summed E-state index contributed by atoms with van der Waals surface area (Å²) < 4.78 is 0. The average molecular weight is 249 g/mol. The predicted octanol–water partition coefficient (Wildman–Crippen LogP) is 3.07. The highest BCUT2D eigenvalue weighted by molar-refractivity contribution is 5.95. The van der Waals surface area contributed by atoms with E-state index in [0.717, 1.165) is 12.8 Å². The minimum Gasteiger partial charge on any atom is -0.478 e. The van der Waals surface area contributed by atoms with Gasteiger partial charge in [0.2, 0.25) is 5.91 Å². The number of hydrogen-bond acceptors (Lipinski definition) is 2. The topological polar surface area (TPSA) is 66.4 Å². The number of aromatic carboxylic acids is 1. The first-order chi connectivity index (χ1) is 8.49. The van der Waals surface area contributed by atoms with Gasteiger partial charge in [-0.1, -0.05) is 19.9 Å². The van der Waals surface area contributed by atoms with E-state index in [4.69, 9.17) is 5.11 Å². The van der Waals surface area contributed by atoms with Crippen molar-refractivity contribution in [1.82, 2.24) is 0 Å². The number of amides is 1. The van der Waals surface area contributed by atoms with E-state index in [0.29, 0.717) is 11.3 Å². The van der Waals surface area contributed by atoms with Crippen molar-refractivity contribution in [2.75, 3.05) is 5.32 Å². The molecule has 4 nitrogen and oxygen atoms in total. The number of carboxylic acids is 1. The number of carbonyl (C=O) groups excluding carboxylic acids is 1. The number of carbonyl (C=O) groups is 2. The number of aryl methyl sites for hydroxylation is 1. The van der Waals surface area contributed by atoms with Gasteiger partial charge in [-0.25, -0.2) is 4.79 Å². The first kappa shape index (κ1) is 14.2. The minimum absolute atomic E-state index is 0.0282. The molecule has 0 aliphatic carbocycles. The summed E-state index contributed by atoms with van der Waals surface area (Å²) in [6, 6.07) is 4.92. The van der Waals surface area contributed by atoms with Crippen molar-refractivity contribution in [3.63, 3.8) is 0 Å². The van der Waals surface area contributed by atoms with Crippen LogP contribution in [0.2, 0.25) is 0 Å². The van der Waals surface area contributed by atoms with Crippen molar-refractivity contribution in [3.8, 4) is 0 Å². The first-order valence-electron chi connectivity index (χ1n) is 6.14. The van der Waals surface area contributed by atoms with Crippen LogP contribution in [0.1, 0.15) is 42.6 Å². The Kier molecular flexibility index (Phi) is 4.89. The third-order valence-electron chi connectivity index (χ3n) is 3.09. The number of anilines is 1. The molecule has 0 unspecified atom stereocenters. The Hall–Kier alpha value is -1.84. The van der Waals surface area contributed by atoms with Gasteiger partial charge in [0.15, 0.2) is 0 Å². The highest BCUT2D eigenvalue weighted by Gasteiger charge is 2.15. The van der Waals surface area contributed by atoms with E-state index in [2.05, 4.69) is 5.32 Å². The second-order valence-corrected chi connectivity index (χ2v) is 4.34. The Morgan fingerprint density at radius 2 is 1.89 bits per heavy atom. The Morgan fingerprint density at radius 1 is 1.28 bits per heavy atom.